The largest absolute Gasteiger partial charge is 0.339 e. The maximum Gasteiger partial charge on any atom is 0.225 e. The van der Waals surface area contributed by atoms with E-state index >= 15 is 0 Å². The molecule has 3 atom stereocenters. The monoisotopic (exact) mass is 328 g/mol. The molecule has 2 N–H and O–H groups in total. The van der Waals surface area contributed by atoms with Crippen LogP contribution >= 0.6 is 0 Å². The SMILES string of the molecule is Cc1ccc(C(C)N(C)C(=O)C2CC3CCCC(C2)C3N)c(C)c1. The van der Waals surface area contributed by atoms with E-state index in [1.807, 2.05) is 11.9 Å². The van der Waals surface area contributed by atoms with Gasteiger partial charge in [0, 0.05) is 19.0 Å². The number of hydrogen-bond donors (Lipinski definition) is 1. The molecule has 1 aromatic rings. The van der Waals surface area contributed by atoms with Gasteiger partial charge in [-0.05, 0) is 69.4 Å². The Morgan fingerprint density at radius 2 is 1.83 bits per heavy atom. The second kappa shape index (κ2) is 6.87. The Hall–Kier alpha value is -1.35. The maximum atomic E-state index is 13.1. The minimum Gasteiger partial charge on any atom is -0.339 e. The fraction of sp³-hybridized carbons (Fsp3) is 0.667. The lowest BCUT2D eigenvalue weighted by Gasteiger charge is -2.44. The van der Waals surface area contributed by atoms with Crippen LogP contribution in [0, 0.1) is 31.6 Å². The van der Waals surface area contributed by atoms with Crippen LogP contribution in [0.2, 0.25) is 0 Å². The summed E-state index contributed by atoms with van der Waals surface area (Å²) in [6.07, 6.45) is 5.68. The molecule has 3 nitrogen and oxygen atoms in total. The van der Waals surface area contributed by atoms with E-state index in [9.17, 15) is 4.79 Å². The van der Waals surface area contributed by atoms with Crippen LogP contribution < -0.4 is 5.73 Å². The van der Waals surface area contributed by atoms with Gasteiger partial charge in [0.05, 0.1) is 6.04 Å². The molecule has 3 heteroatoms. The van der Waals surface area contributed by atoms with E-state index in [0.717, 1.165) is 12.8 Å². The topological polar surface area (TPSA) is 46.3 Å². The predicted octanol–water partition coefficient (Wildman–Crippen LogP) is 3.98. The predicted molar refractivity (Wildman–Crippen MR) is 98.6 cm³/mol. The molecule has 0 spiro atoms. The third-order valence-electron chi connectivity index (χ3n) is 6.57. The number of amides is 1. The first-order valence-corrected chi connectivity index (χ1v) is 9.48. The summed E-state index contributed by atoms with van der Waals surface area (Å²) in [5.41, 5.74) is 10.2. The summed E-state index contributed by atoms with van der Waals surface area (Å²) in [4.78, 5) is 15.1. The van der Waals surface area contributed by atoms with Gasteiger partial charge in [0.2, 0.25) is 5.91 Å². The van der Waals surface area contributed by atoms with Gasteiger partial charge in [0.25, 0.3) is 0 Å². The molecule has 2 aliphatic rings. The smallest absolute Gasteiger partial charge is 0.225 e. The number of rotatable bonds is 3. The van der Waals surface area contributed by atoms with E-state index in [1.165, 1.54) is 36.0 Å². The van der Waals surface area contributed by atoms with Crippen molar-refractivity contribution in [2.45, 2.75) is 65.0 Å². The highest BCUT2D eigenvalue weighted by Crippen LogP contribution is 2.42. The van der Waals surface area contributed by atoms with Gasteiger partial charge in [0.15, 0.2) is 0 Å². The molecule has 2 bridgehead atoms. The molecule has 0 radical (unpaired) electrons. The molecule has 0 heterocycles. The number of carbonyl (C=O) groups excluding carboxylic acids is 1. The van der Waals surface area contributed by atoms with Crippen LogP contribution in [0.25, 0.3) is 0 Å². The van der Waals surface area contributed by atoms with Gasteiger partial charge in [-0.15, -0.1) is 0 Å². The van der Waals surface area contributed by atoms with Crippen LogP contribution in [0.15, 0.2) is 18.2 Å². The van der Waals surface area contributed by atoms with Gasteiger partial charge in [0.1, 0.15) is 0 Å². The average Bonchev–Trinajstić information content (AvgIpc) is 2.52. The van der Waals surface area contributed by atoms with E-state index in [0.29, 0.717) is 23.8 Å². The third kappa shape index (κ3) is 3.23. The molecule has 2 fully saturated rings. The molecular formula is C21H32N2O. The van der Waals surface area contributed by atoms with E-state index in [4.69, 9.17) is 5.73 Å². The van der Waals surface area contributed by atoms with Crippen molar-refractivity contribution in [2.24, 2.45) is 23.5 Å². The fourth-order valence-corrected chi connectivity index (χ4v) is 4.97. The zero-order valence-corrected chi connectivity index (χ0v) is 15.6. The van der Waals surface area contributed by atoms with E-state index in [1.54, 1.807) is 0 Å². The Balaban J connectivity index is 1.72. The maximum absolute atomic E-state index is 13.1. The van der Waals surface area contributed by atoms with E-state index in [2.05, 4.69) is 39.0 Å². The van der Waals surface area contributed by atoms with Crippen LogP contribution in [0.1, 0.15) is 61.8 Å². The van der Waals surface area contributed by atoms with Crippen molar-refractivity contribution in [1.29, 1.82) is 0 Å². The summed E-state index contributed by atoms with van der Waals surface area (Å²) < 4.78 is 0. The summed E-state index contributed by atoms with van der Waals surface area (Å²) in [5.74, 6) is 1.58. The van der Waals surface area contributed by atoms with Gasteiger partial charge in [-0.25, -0.2) is 0 Å². The van der Waals surface area contributed by atoms with Crippen molar-refractivity contribution >= 4 is 5.91 Å². The van der Waals surface area contributed by atoms with Gasteiger partial charge in [-0.3, -0.25) is 4.79 Å². The number of aryl methyl sites for hydroxylation is 2. The molecule has 0 saturated heterocycles. The number of nitrogens with two attached hydrogens (primary N) is 1. The molecule has 1 amide bonds. The number of hydrogen-bond acceptors (Lipinski definition) is 2. The number of nitrogens with zero attached hydrogens (tertiary/aromatic N) is 1. The number of benzene rings is 1. The van der Waals surface area contributed by atoms with Gasteiger partial charge in [-0.1, -0.05) is 30.2 Å². The van der Waals surface area contributed by atoms with Crippen LogP contribution in [0.5, 0.6) is 0 Å². The Labute approximate surface area is 146 Å². The van der Waals surface area contributed by atoms with Crippen molar-refractivity contribution in [2.75, 3.05) is 7.05 Å². The Bertz CT molecular complexity index is 598. The lowest BCUT2D eigenvalue weighted by Crippen LogP contribution is -2.49. The second-order valence-corrected chi connectivity index (χ2v) is 8.18. The summed E-state index contributed by atoms with van der Waals surface area (Å²) in [7, 11) is 1.97. The molecule has 3 unspecified atom stereocenters. The minimum absolute atomic E-state index is 0.119. The Kier molecular flexibility index (Phi) is 5.00. The molecule has 1 aromatic carbocycles. The first-order valence-electron chi connectivity index (χ1n) is 9.48. The summed E-state index contributed by atoms with van der Waals surface area (Å²) >= 11 is 0. The van der Waals surface area contributed by atoms with Gasteiger partial charge >= 0.3 is 0 Å². The van der Waals surface area contributed by atoms with E-state index in [-0.39, 0.29) is 12.0 Å². The summed E-state index contributed by atoms with van der Waals surface area (Å²) in [6, 6.07) is 6.96. The molecule has 2 aliphatic carbocycles. The van der Waals surface area contributed by atoms with Crippen LogP contribution in [-0.4, -0.2) is 23.9 Å². The summed E-state index contributed by atoms with van der Waals surface area (Å²) in [5, 5.41) is 0. The molecule has 24 heavy (non-hydrogen) atoms. The van der Waals surface area contributed by atoms with Crippen LogP contribution in [0.3, 0.4) is 0 Å². The van der Waals surface area contributed by atoms with Crippen LogP contribution in [0.4, 0.5) is 0 Å². The summed E-state index contributed by atoms with van der Waals surface area (Å²) in [6.45, 7) is 6.40. The average molecular weight is 329 g/mol. The standard InChI is InChI=1S/C21H32N2O/c1-13-8-9-19(14(2)10-13)15(3)23(4)21(24)18-11-16-6-5-7-17(12-18)20(16)22/h8-10,15-18,20H,5-7,11-12,22H2,1-4H3. The number of fused-ring (bicyclic) bond motifs is 2. The first-order chi connectivity index (χ1) is 11.4. The lowest BCUT2D eigenvalue weighted by atomic mass is 9.65. The Morgan fingerprint density at radius 3 is 2.42 bits per heavy atom. The van der Waals surface area contributed by atoms with Gasteiger partial charge in [-0.2, -0.15) is 0 Å². The lowest BCUT2D eigenvalue weighted by molar-refractivity contribution is -0.139. The zero-order valence-electron chi connectivity index (χ0n) is 15.6. The zero-order chi connectivity index (χ0) is 17.4. The fourth-order valence-electron chi connectivity index (χ4n) is 4.97. The highest BCUT2D eigenvalue weighted by atomic mass is 16.2. The van der Waals surface area contributed by atoms with Crippen molar-refractivity contribution in [3.63, 3.8) is 0 Å². The second-order valence-electron chi connectivity index (χ2n) is 8.18. The first kappa shape index (κ1) is 17.5. The minimum atomic E-state index is 0.119. The quantitative estimate of drug-likeness (QED) is 0.912. The normalized spacial score (nSPS) is 30.7. The van der Waals surface area contributed by atoms with Crippen molar-refractivity contribution < 1.29 is 4.79 Å². The third-order valence-corrected chi connectivity index (χ3v) is 6.57. The van der Waals surface area contributed by atoms with Gasteiger partial charge < -0.3 is 10.6 Å². The molecule has 2 saturated carbocycles. The molecule has 3 rings (SSSR count). The van der Waals surface area contributed by atoms with Crippen LogP contribution in [-0.2, 0) is 4.79 Å². The Morgan fingerprint density at radius 1 is 1.21 bits per heavy atom. The van der Waals surface area contributed by atoms with E-state index < -0.39 is 0 Å². The highest BCUT2D eigenvalue weighted by Gasteiger charge is 2.41. The van der Waals surface area contributed by atoms with Crippen molar-refractivity contribution in [3.8, 4) is 0 Å². The van der Waals surface area contributed by atoms with Crippen molar-refractivity contribution in [3.05, 3.63) is 34.9 Å². The van der Waals surface area contributed by atoms with Crippen molar-refractivity contribution in [1.82, 2.24) is 4.90 Å². The highest BCUT2D eigenvalue weighted by molar-refractivity contribution is 5.79. The molecular weight excluding hydrogens is 296 g/mol. The molecule has 0 aromatic heterocycles. The molecule has 0 aliphatic heterocycles. The number of carbonyl (C=O) groups is 1. The molecule has 132 valence electrons.